The summed E-state index contributed by atoms with van der Waals surface area (Å²) in [5.41, 5.74) is 2.62. The molecule has 0 saturated heterocycles. The van der Waals surface area contributed by atoms with Crippen molar-refractivity contribution < 1.29 is 0 Å². The molecule has 1 aromatic rings. The predicted molar refractivity (Wildman–Crippen MR) is 45.8 cm³/mol. The van der Waals surface area contributed by atoms with Crippen LogP contribution in [0.1, 0.15) is 29.3 Å². The molecule has 1 unspecified atom stereocenters. The summed E-state index contributed by atoms with van der Waals surface area (Å²) in [6, 6.07) is 2.07. The number of fused-ring (bicyclic) bond motifs is 1. The second kappa shape index (κ2) is 2.82. The number of hydrogen-bond donors (Lipinski definition) is 0. The van der Waals surface area contributed by atoms with Crippen molar-refractivity contribution in [2.75, 3.05) is 0 Å². The maximum atomic E-state index is 6.11. The van der Waals surface area contributed by atoms with E-state index < -0.39 is 0 Å². The van der Waals surface area contributed by atoms with Crippen molar-refractivity contribution in [3.8, 4) is 0 Å². The highest BCUT2D eigenvalue weighted by Gasteiger charge is 2.16. The van der Waals surface area contributed by atoms with E-state index >= 15 is 0 Å². The molecule has 0 bridgehead atoms. The van der Waals surface area contributed by atoms with E-state index in [-0.39, 0.29) is 5.38 Å². The highest BCUT2D eigenvalue weighted by molar-refractivity contribution is 6.20. The Morgan fingerprint density at radius 1 is 1.55 bits per heavy atom. The third-order valence-corrected chi connectivity index (χ3v) is 2.64. The van der Waals surface area contributed by atoms with Crippen molar-refractivity contribution in [2.24, 2.45) is 0 Å². The summed E-state index contributed by atoms with van der Waals surface area (Å²) in [6.07, 6.45) is 7.21. The average Bonchev–Trinajstić information content (AvgIpc) is 2.06. The molecule has 0 aromatic carbocycles. The number of halogens is 1. The lowest BCUT2D eigenvalue weighted by Crippen LogP contribution is -2.05. The Bertz CT molecular complexity index is 259. The highest BCUT2D eigenvalue weighted by atomic mass is 35.5. The number of pyridine rings is 1. The first kappa shape index (κ1) is 7.11. The van der Waals surface area contributed by atoms with Crippen LogP contribution in [0.3, 0.4) is 0 Å². The monoisotopic (exact) mass is 167 g/mol. The summed E-state index contributed by atoms with van der Waals surface area (Å²) >= 11 is 6.11. The van der Waals surface area contributed by atoms with Gasteiger partial charge in [-0.1, -0.05) is 0 Å². The number of hydrogen-bond acceptors (Lipinski definition) is 1. The van der Waals surface area contributed by atoms with E-state index in [0.717, 1.165) is 6.42 Å². The van der Waals surface area contributed by atoms with Crippen LogP contribution >= 0.6 is 11.6 Å². The van der Waals surface area contributed by atoms with Crippen LogP contribution in [0.2, 0.25) is 0 Å². The number of aryl methyl sites for hydroxylation is 1. The van der Waals surface area contributed by atoms with Crippen molar-refractivity contribution >= 4 is 11.6 Å². The van der Waals surface area contributed by atoms with Gasteiger partial charge in [0.15, 0.2) is 0 Å². The average molecular weight is 168 g/mol. The third-order valence-electron chi connectivity index (χ3n) is 2.19. The first-order valence-electron chi connectivity index (χ1n) is 3.95. The Morgan fingerprint density at radius 3 is 3.27 bits per heavy atom. The second-order valence-electron chi connectivity index (χ2n) is 2.93. The summed E-state index contributed by atoms with van der Waals surface area (Å²) in [6.45, 7) is 0. The fourth-order valence-electron chi connectivity index (χ4n) is 1.57. The first-order valence-corrected chi connectivity index (χ1v) is 4.38. The molecule has 1 aromatic heterocycles. The maximum Gasteiger partial charge on any atom is 0.0603 e. The zero-order valence-corrected chi connectivity index (χ0v) is 7.01. The molecule has 1 aliphatic rings. The van der Waals surface area contributed by atoms with Gasteiger partial charge in [0.25, 0.3) is 0 Å². The molecule has 0 saturated carbocycles. The maximum absolute atomic E-state index is 6.11. The van der Waals surface area contributed by atoms with Gasteiger partial charge in [-0.25, -0.2) is 0 Å². The van der Waals surface area contributed by atoms with Gasteiger partial charge in [0.2, 0.25) is 0 Å². The second-order valence-corrected chi connectivity index (χ2v) is 3.46. The molecule has 0 amide bonds. The zero-order chi connectivity index (χ0) is 7.68. The van der Waals surface area contributed by atoms with E-state index in [1.807, 2.05) is 12.4 Å². The molecule has 11 heavy (non-hydrogen) atoms. The SMILES string of the molecule is ClC1CCCc2ccncc21. The minimum atomic E-state index is 0.201. The quantitative estimate of drug-likeness (QED) is 0.542. The summed E-state index contributed by atoms with van der Waals surface area (Å²) in [4.78, 5) is 4.06. The molecule has 2 rings (SSSR count). The molecule has 0 aliphatic heterocycles. The fraction of sp³-hybridized carbons (Fsp3) is 0.444. The van der Waals surface area contributed by atoms with Crippen LogP contribution in [-0.4, -0.2) is 4.98 Å². The van der Waals surface area contributed by atoms with Crippen molar-refractivity contribution in [3.05, 3.63) is 29.6 Å². The Hall–Kier alpha value is -0.560. The van der Waals surface area contributed by atoms with Gasteiger partial charge in [-0.05, 0) is 36.5 Å². The van der Waals surface area contributed by atoms with E-state index in [1.54, 1.807) is 0 Å². The van der Waals surface area contributed by atoms with Gasteiger partial charge in [0.05, 0.1) is 5.38 Å². The Balaban J connectivity index is 2.44. The van der Waals surface area contributed by atoms with Gasteiger partial charge in [-0.3, -0.25) is 4.98 Å². The summed E-state index contributed by atoms with van der Waals surface area (Å²) in [5.74, 6) is 0. The minimum Gasteiger partial charge on any atom is -0.264 e. The highest BCUT2D eigenvalue weighted by Crippen LogP contribution is 2.33. The van der Waals surface area contributed by atoms with Crippen LogP contribution in [0, 0.1) is 0 Å². The Labute approximate surface area is 71.4 Å². The lowest BCUT2D eigenvalue weighted by Gasteiger charge is -2.19. The molecule has 0 fully saturated rings. The topological polar surface area (TPSA) is 12.9 Å². The van der Waals surface area contributed by atoms with Crippen molar-refractivity contribution in [2.45, 2.75) is 24.6 Å². The summed E-state index contributed by atoms with van der Waals surface area (Å²) in [7, 11) is 0. The lowest BCUT2D eigenvalue weighted by molar-refractivity contribution is 0.664. The summed E-state index contributed by atoms with van der Waals surface area (Å²) < 4.78 is 0. The molecule has 1 aliphatic carbocycles. The molecular formula is C9H10ClN. The molecule has 0 radical (unpaired) electrons. The van der Waals surface area contributed by atoms with Crippen molar-refractivity contribution in [1.29, 1.82) is 0 Å². The molecule has 0 spiro atoms. The number of aromatic nitrogens is 1. The van der Waals surface area contributed by atoms with Crippen LogP contribution < -0.4 is 0 Å². The van der Waals surface area contributed by atoms with Crippen molar-refractivity contribution in [1.82, 2.24) is 4.98 Å². The van der Waals surface area contributed by atoms with Gasteiger partial charge in [0, 0.05) is 12.4 Å². The van der Waals surface area contributed by atoms with Crippen molar-refractivity contribution in [3.63, 3.8) is 0 Å². The van der Waals surface area contributed by atoms with Crippen LogP contribution in [0.5, 0.6) is 0 Å². The van der Waals surface area contributed by atoms with Gasteiger partial charge in [0.1, 0.15) is 0 Å². The van der Waals surface area contributed by atoms with Gasteiger partial charge < -0.3 is 0 Å². The summed E-state index contributed by atoms with van der Waals surface area (Å²) in [5, 5.41) is 0.201. The molecule has 58 valence electrons. The third kappa shape index (κ3) is 1.25. The molecule has 0 N–H and O–H groups in total. The lowest BCUT2D eigenvalue weighted by atomic mass is 9.93. The van der Waals surface area contributed by atoms with Crippen LogP contribution in [0.4, 0.5) is 0 Å². The smallest absolute Gasteiger partial charge is 0.0603 e. The number of alkyl halides is 1. The molecule has 1 nitrogen and oxygen atoms in total. The minimum absolute atomic E-state index is 0.201. The standard InChI is InChI=1S/C9H10ClN/c10-9-3-1-2-7-4-5-11-6-8(7)9/h4-6,9H,1-3H2. The molecule has 1 heterocycles. The van der Waals surface area contributed by atoms with Gasteiger partial charge >= 0.3 is 0 Å². The fourth-order valence-corrected chi connectivity index (χ4v) is 1.92. The first-order chi connectivity index (χ1) is 5.38. The van der Waals surface area contributed by atoms with E-state index in [2.05, 4.69) is 11.1 Å². The van der Waals surface area contributed by atoms with Crippen LogP contribution in [0.15, 0.2) is 18.5 Å². The van der Waals surface area contributed by atoms with Gasteiger partial charge in [-0.2, -0.15) is 0 Å². The predicted octanol–water partition coefficient (Wildman–Crippen LogP) is 2.70. The van der Waals surface area contributed by atoms with E-state index in [9.17, 15) is 0 Å². The molecular weight excluding hydrogens is 158 g/mol. The van der Waals surface area contributed by atoms with E-state index in [1.165, 1.54) is 24.0 Å². The molecule has 2 heteroatoms. The zero-order valence-electron chi connectivity index (χ0n) is 6.26. The normalized spacial score (nSPS) is 22.8. The number of rotatable bonds is 0. The van der Waals surface area contributed by atoms with Gasteiger partial charge in [-0.15, -0.1) is 11.6 Å². The van der Waals surface area contributed by atoms with E-state index in [4.69, 9.17) is 11.6 Å². The van der Waals surface area contributed by atoms with Crippen LogP contribution in [0.25, 0.3) is 0 Å². The Morgan fingerprint density at radius 2 is 2.45 bits per heavy atom. The Kier molecular flexibility index (Phi) is 1.82. The molecule has 1 atom stereocenters. The number of nitrogens with zero attached hydrogens (tertiary/aromatic N) is 1. The largest absolute Gasteiger partial charge is 0.264 e. The van der Waals surface area contributed by atoms with E-state index in [0.29, 0.717) is 0 Å². The van der Waals surface area contributed by atoms with Crippen LogP contribution in [-0.2, 0) is 6.42 Å².